The quantitative estimate of drug-likeness (QED) is 0.451. The second-order valence-corrected chi connectivity index (χ2v) is 7.57. The zero-order valence-corrected chi connectivity index (χ0v) is 17.9. The lowest BCUT2D eigenvalue weighted by Crippen LogP contribution is -2.26. The number of ether oxygens (including phenoxy) is 1. The SMILES string of the molecule is CC(=O)Nc1cccc(C#CCCNC(=O)OCC2c3ccccc3-c3ccccc32)c1. The first-order valence-corrected chi connectivity index (χ1v) is 10.6. The number of hydrogen-bond acceptors (Lipinski definition) is 3. The van der Waals surface area contributed by atoms with Gasteiger partial charge in [0, 0.05) is 37.1 Å². The lowest BCUT2D eigenvalue weighted by Gasteiger charge is -2.14. The van der Waals surface area contributed by atoms with E-state index in [0.717, 1.165) is 5.56 Å². The highest BCUT2D eigenvalue weighted by molar-refractivity contribution is 5.88. The van der Waals surface area contributed by atoms with Crippen LogP contribution in [0.5, 0.6) is 0 Å². The van der Waals surface area contributed by atoms with Crippen LogP contribution in [0, 0.1) is 11.8 Å². The maximum Gasteiger partial charge on any atom is 0.407 e. The van der Waals surface area contributed by atoms with E-state index in [4.69, 9.17) is 4.74 Å². The Hall–Kier alpha value is -4.04. The molecule has 0 saturated carbocycles. The van der Waals surface area contributed by atoms with E-state index in [9.17, 15) is 9.59 Å². The maximum absolute atomic E-state index is 12.2. The summed E-state index contributed by atoms with van der Waals surface area (Å²) in [4.78, 5) is 23.3. The van der Waals surface area contributed by atoms with E-state index in [0.29, 0.717) is 25.3 Å². The molecule has 0 fully saturated rings. The standard InChI is InChI=1S/C27H24N2O3/c1-19(30)29-21-11-8-10-20(17-21)9-6-7-16-28-27(31)32-18-26-24-14-4-2-12-22(24)23-13-3-5-15-25(23)26/h2-5,8,10-15,17,26H,7,16,18H2,1H3,(H,28,31)(H,29,30). The second kappa shape index (κ2) is 9.84. The molecule has 160 valence electrons. The highest BCUT2D eigenvalue weighted by Crippen LogP contribution is 2.44. The van der Waals surface area contributed by atoms with Gasteiger partial charge in [-0.25, -0.2) is 4.79 Å². The fourth-order valence-electron chi connectivity index (χ4n) is 3.92. The molecule has 0 atom stereocenters. The minimum atomic E-state index is -0.443. The first-order valence-electron chi connectivity index (χ1n) is 10.6. The van der Waals surface area contributed by atoms with Crippen LogP contribution in [0.25, 0.3) is 11.1 Å². The van der Waals surface area contributed by atoms with Crippen LogP contribution in [0.1, 0.15) is 36.0 Å². The summed E-state index contributed by atoms with van der Waals surface area (Å²) in [6.45, 7) is 2.16. The lowest BCUT2D eigenvalue weighted by atomic mass is 9.98. The first-order chi connectivity index (χ1) is 15.6. The zero-order chi connectivity index (χ0) is 22.3. The topological polar surface area (TPSA) is 67.4 Å². The van der Waals surface area contributed by atoms with E-state index < -0.39 is 6.09 Å². The van der Waals surface area contributed by atoms with Gasteiger partial charge in [0.15, 0.2) is 0 Å². The normalized spacial score (nSPS) is 11.5. The zero-order valence-electron chi connectivity index (χ0n) is 17.9. The Bertz CT molecular complexity index is 1160. The molecule has 32 heavy (non-hydrogen) atoms. The molecule has 2 N–H and O–H groups in total. The Labute approximate surface area is 187 Å². The number of fused-ring (bicyclic) bond motifs is 3. The third-order valence-electron chi connectivity index (χ3n) is 5.28. The number of carbonyl (C=O) groups is 2. The molecule has 3 aromatic rings. The highest BCUT2D eigenvalue weighted by atomic mass is 16.5. The van der Waals surface area contributed by atoms with Gasteiger partial charge < -0.3 is 15.4 Å². The summed E-state index contributed by atoms with van der Waals surface area (Å²) in [5, 5.41) is 5.49. The smallest absolute Gasteiger partial charge is 0.407 e. The summed E-state index contributed by atoms with van der Waals surface area (Å²) in [7, 11) is 0. The van der Waals surface area contributed by atoms with Gasteiger partial charge in [-0.05, 0) is 40.5 Å². The molecule has 0 saturated heterocycles. The third-order valence-corrected chi connectivity index (χ3v) is 5.28. The van der Waals surface area contributed by atoms with Crippen molar-refractivity contribution < 1.29 is 14.3 Å². The van der Waals surface area contributed by atoms with Crippen molar-refractivity contribution in [3.8, 4) is 23.0 Å². The molecule has 5 nitrogen and oxygen atoms in total. The van der Waals surface area contributed by atoms with Crippen molar-refractivity contribution in [2.45, 2.75) is 19.3 Å². The number of anilines is 1. The van der Waals surface area contributed by atoms with E-state index in [-0.39, 0.29) is 11.8 Å². The number of nitrogens with one attached hydrogen (secondary N) is 2. The molecule has 0 radical (unpaired) electrons. The molecule has 5 heteroatoms. The van der Waals surface area contributed by atoms with Crippen molar-refractivity contribution in [3.05, 3.63) is 89.5 Å². The summed E-state index contributed by atoms with van der Waals surface area (Å²) in [5.41, 5.74) is 6.30. The van der Waals surface area contributed by atoms with Gasteiger partial charge in [0.2, 0.25) is 5.91 Å². The van der Waals surface area contributed by atoms with Crippen molar-refractivity contribution in [2.75, 3.05) is 18.5 Å². The summed E-state index contributed by atoms with van der Waals surface area (Å²) < 4.78 is 5.52. The minimum Gasteiger partial charge on any atom is -0.449 e. The van der Waals surface area contributed by atoms with Gasteiger partial charge in [-0.15, -0.1) is 0 Å². The second-order valence-electron chi connectivity index (χ2n) is 7.57. The molecule has 0 heterocycles. The molecule has 4 rings (SSSR count). The Morgan fingerprint density at radius 3 is 2.31 bits per heavy atom. The predicted molar refractivity (Wildman–Crippen MR) is 125 cm³/mol. The minimum absolute atomic E-state index is 0.0452. The summed E-state index contributed by atoms with van der Waals surface area (Å²) in [6, 6.07) is 23.8. The number of benzene rings is 3. The monoisotopic (exact) mass is 424 g/mol. The predicted octanol–water partition coefficient (Wildman–Crippen LogP) is 4.93. The molecule has 3 aromatic carbocycles. The Kier molecular flexibility index (Phi) is 6.52. The van der Waals surface area contributed by atoms with Crippen molar-refractivity contribution >= 4 is 17.7 Å². The summed E-state index contributed by atoms with van der Waals surface area (Å²) in [6.07, 6.45) is 0.0514. The Morgan fingerprint density at radius 2 is 1.62 bits per heavy atom. The number of carbonyl (C=O) groups excluding carboxylic acids is 2. The van der Waals surface area contributed by atoms with Crippen LogP contribution in [-0.4, -0.2) is 25.2 Å². The molecule has 0 spiro atoms. The van der Waals surface area contributed by atoms with Gasteiger partial charge >= 0.3 is 6.09 Å². The maximum atomic E-state index is 12.2. The molecule has 0 aliphatic heterocycles. The molecule has 0 unspecified atom stereocenters. The van der Waals surface area contributed by atoms with Crippen LogP contribution < -0.4 is 10.6 Å². The largest absolute Gasteiger partial charge is 0.449 e. The lowest BCUT2D eigenvalue weighted by molar-refractivity contribution is -0.114. The molecular weight excluding hydrogens is 400 g/mol. The van der Waals surface area contributed by atoms with Gasteiger partial charge in [0.25, 0.3) is 0 Å². The van der Waals surface area contributed by atoms with Crippen LogP contribution in [0.3, 0.4) is 0 Å². The van der Waals surface area contributed by atoms with Crippen LogP contribution in [0.4, 0.5) is 10.5 Å². The fourth-order valence-corrected chi connectivity index (χ4v) is 3.92. The van der Waals surface area contributed by atoms with Crippen molar-refractivity contribution in [3.63, 3.8) is 0 Å². The average Bonchev–Trinajstić information content (AvgIpc) is 3.11. The third kappa shape index (κ3) is 4.98. The number of rotatable bonds is 5. The van der Waals surface area contributed by atoms with E-state index in [1.54, 1.807) is 0 Å². The van der Waals surface area contributed by atoms with Gasteiger partial charge in [-0.3, -0.25) is 4.79 Å². The van der Waals surface area contributed by atoms with Crippen LogP contribution in [0.15, 0.2) is 72.8 Å². The van der Waals surface area contributed by atoms with E-state index >= 15 is 0 Å². The van der Waals surface area contributed by atoms with Gasteiger partial charge in [0.05, 0.1) is 0 Å². The van der Waals surface area contributed by atoms with Crippen molar-refractivity contribution in [1.29, 1.82) is 0 Å². The van der Waals surface area contributed by atoms with Gasteiger partial charge in [0.1, 0.15) is 6.61 Å². The van der Waals surface area contributed by atoms with Crippen LogP contribution in [-0.2, 0) is 9.53 Å². The average molecular weight is 425 g/mol. The molecule has 1 aliphatic carbocycles. The molecule has 0 aromatic heterocycles. The van der Waals surface area contributed by atoms with Crippen LogP contribution in [0.2, 0.25) is 0 Å². The van der Waals surface area contributed by atoms with Crippen LogP contribution >= 0.6 is 0 Å². The highest BCUT2D eigenvalue weighted by Gasteiger charge is 2.28. The number of hydrogen-bond donors (Lipinski definition) is 2. The van der Waals surface area contributed by atoms with E-state index in [1.807, 2.05) is 48.5 Å². The molecule has 0 bridgehead atoms. The van der Waals surface area contributed by atoms with E-state index in [2.05, 4.69) is 46.7 Å². The Morgan fingerprint density at radius 1 is 0.938 bits per heavy atom. The summed E-state index contributed by atoms with van der Waals surface area (Å²) >= 11 is 0. The number of alkyl carbamates (subject to hydrolysis) is 1. The summed E-state index contributed by atoms with van der Waals surface area (Å²) in [5.74, 6) is 5.99. The van der Waals surface area contributed by atoms with Gasteiger partial charge in [-0.1, -0.05) is 66.4 Å². The molecule has 2 amide bonds. The van der Waals surface area contributed by atoms with Gasteiger partial charge in [-0.2, -0.15) is 0 Å². The molecular formula is C27H24N2O3. The van der Waals surface area contributed by atoms with Crippen molar-refractivity contribution in [1.82, 2.24) is 5.32 Å². The van der Waals surface area contributed by atoms with E-state index in [1.165, 1.54) is 29.2 Å². The number of amides is 2. The van der Waals surface area contributed by atoms with Crippen molar-refractivity contribution in [2.24, 2.45) is 0 Å². The molecule has 1 aliphatic rings. The Balaban J connectivity index is 1.27. The fraction of sp³-hybridized carbons (Fsp3) is 0.185. The first kappa shape index (κ1) is 21.2.